The van der Waals surface area contributed by atoms with E-state index in [-0.39, 0.29) is 6.42 Å². The molecule has 3 nitrogen and oxygen atoms in total. The molecule has 0 bridgehead atoms. The van der Waals surface area contributed by atoms with Crippen LogP contribution in [-0.2, 0) is 9.47 Å². The number of hydrogen-bond acceptors (Lipinski definition) is 3. The highest BCUT2D eigenvalue weighted by Crippen LogP contribution is 2.60. The van der Waals surface area contributed by atoms with Crippen molar-refractivity contribution >= 4 is 0 Å². The molecule has 1 N–H and O–H groups in total. The zero-order valence-electron chi connectivity index (χ0n) is 15.5. The number of rotatable bonds is 12. The molecule has 16 heteroatoms. The Labute approximate surface area is 161 Å². The van der Waals surface area contributed by atoms with Gasteiger partial charge in [0.25, 0.3) is 0 Å². The second kappa shape index (κ2) is 9.22. The Kier molecular flexibility index (Phi) is 8.91. The fourth-order valence-corrected chi connectivity index (χ4v) is 2.14. The molecule has 0 aromatic heterocycles. The molecule has 0 aliphatic rings. The molecule has 0 aromatic carbocycles. The SMILES string of the molecule is CCCN[C@@H]([C@H](C)OCOC)C(F)(F)C(F)(F)C(F)(F)C(F)(F)C(F)(F)C(F)(F)F. The molecule has 0 saturated heterocycles. The van der Waals surface area contributed by atoms with Gasteiger partial charge >= 0.3 is 35.8 Å². The number of nitrogens with one attached hydrogen (secondary N) is 1. The minimum absolute atomic E-state index is 0.0755. The summed E-state index contributed by atoms with van der Waals surface area (Å²) in [4.78, 5) is 0. The Morgan fingerprint density at radius 1 is 0.733 bits per heavy atom. The summed E-state index contributed by atoms with van der Waals surface area (Å²) < 4.78 is 181. The first-order valence-electron chi connectivity index (χ1n) is 7.98. The van der Waals surface area contributed by atoms with Crippen LogP contribution in [0.2, 0.25) is 0 Å². The molecule has 0 rings (SSSR count). The van der Waals surface area contributed by atoms with Crippen molar-refractivity contribution < 1.29 is 66.5 Å². The number of halogens is 13. The molecular formula is C14H18F13NO2. The Hall–Kier alpha value is -1.03. The van der Waals surface area contributed by atoms with Crippen LogP contribution in [0, 0.1) is 0 Å². The summed E-state index contributed by atoms with van der Waals surface area (Å²) in [6.07, 6.45) is -9.68. The number of ether oxygens (including phenoxy) is 2. The average molecular weight is 479 g/mol. The van der Waals surface area contributed by atoms with Crippen LogP contribution < -0.4 is 5.32 Å². The van der Waals surface area contributed by atoms with Crippen molar-refractivity contribution in [3.05, 3.63) is 0 Å². The molecule has 0 aliphatic carbocycles. The molecule has 182 valence electrons. The molecule has 0 aliphatic heterocycles. The van der Waals surface area contributed by atoms with Crippen LogP contribution >= 0.6 is 0 Å². The molecule has 0 amide bonds. The van der Waals surface area contributed by atoms with Gasteiger partial charge < -0.3 is 14.8 Å². The number of alkyl halides is 13. The van der Waals surface area contributed by atoms with Crippen molar-refractivity contribution in [2.45, 2.75) is 68.2 Å². The zero-order valence-corrected chi connectivity index (χ0v) is 15.5. The van der Waals surface area contributed by atoms with Crippen molar-refractivity contribution in [2.24, 2.45) is 0 Å². The maximum atomic E-state index is 14.3. The van der Waals surface area contributed by atoms with E-state index in [1.54, 1.807) is 5.32 Å². The Bertz CT molecular complexity index is 550. The van der Waals surface area contributed by atoms with Crippen LogP contribution in [0.25, 0.3) is 0 Å². The standard InChI is InChI=1S/C14H18F13NO2/c1-4-5-28-8(7(2)30-6-29-3)9(15,16)10(17,18)11(19,20)12(21,22)13(23,24)14(25,26)27/h7-8,28H,4-6H2,1-3H3/t7-,8-/m0/s1. The molecular weight excluding hydrogens is 461 g/mol. The van der Waals surface area contributed by atoms with Gasteiger partial charge in [-0.1, -0.05) is 6.92 Å². The third kappa shape index (κ3) is 4.74. The van der Waals surface area contributed by atoms with Crippen LogP contribution in [0.15, 0.2) is 0 Å². The van der Waals surface area contributed by atoms with Crippen molar-refractivity contribution in [2.75, 3.05) is 20.4 Å². The molecule has 0 unspecified atom stereocenters. The second-order valence-corrected chi connectivity index (χ2v) is 6.13. The molecule has 2 atom stereocenters. The first-order chi connectivity index (χ1) is 13.2. The summed E-state index contributed by atoms with van der Waals surface area (Å²) in [6.45, 7) is 0.466. The van der Waals surface area contributed by atoms with Gasteiger partial charge in [0.05, 0.1) is 6.10 Å². The molecule has 0 saturated carbocycles. The van der Waals surface area contributed by atoms with Crippen molar-refractivity contribution in [3.63, 3.8) is 0 Å². The average Bonchev–Trinajstić information content (AvgIpc) is 2.58. The quantitative estimate of drug-likeness (QED) is 0.312. The van der Waals surface area contributed by atoms with Crippen LogP contribution in [0.3, 0.4) is 0 Å². The van der Waals surface area contributed by atoms with E-state index in [0.29, 0.717) is 6.92 Å². The topological polar surface area (TPSA) is 30.5 Å². The summed E-state index contributed by atoms with van der Waals surface area (Å²) >= 11 is 0. The van der Waals surface area contributed by atoms with Gasteiger partial charge in [0, 0.05) is 7.11 Å². The van der Waals surface area contributed by atoms with Gasteiger partial charge in [-0.05, 0) is 19.9 Å². The van der Waals surface area contributed by atoms with Gasteiger partial charge in [0.1, 0.15) is 12.8 Å². The van der Waals surface area contributed by atoms with E-state index in [0.717, 1.165) is 7.11 Å². The third-order valence-electron chi connectivity index (χ3n) is 3.88. The summed E-state index contributed by atoms with van der Waals surface area (Å²) in [6, 6.07) is -3.20. The molecule has 0 spiro atoms. The van der Waals surface area contributed by atoms with Gasteiger partial charge in [-0.3, -0.25) is 0 Å². The minimum atomic E-state index is -7.93. The summed E-state index contributed by atoms with van der Waals surface area (Å²) in [5.41, 5.74) is 0. The smallest absolute Gasteiger partial charge is 0.359 e. The predicted octanol–water partition coefficient (Wildman–Crippen LogP) is 5.10. The van der Waals surface area contributed by atoms with E-state index < -0.39 is 61.3 Å². The summed E-state index contributed by atoms with van der Waals surface area (Å²) in [5.74, 6) is -37.2. The maximum Gasteiger partial charge on any atom is 0.460 e. The monoisotopic (exact) mass is 479 g/mol. The molecule has 0 aromatic rings. The highest BCUT2D eigenvalue weighted by Gasteiger charge is 2.91. The fourth-order valence-electron chi connectivity index (χ4n) is 2.14. The third-order valence-corrected chi connectivity index (χ3v) is 3.88. The van der Waals surface area contributed by atoms with Crippen LogP contribution in [0.1, 0.15) is 20.3 Å². The lowest BCUT2D eigenvalue weighted by Gasteiger charge is -2.43. The lowest BCUT2D eigenvalue weighted by atomic mass is 9.89. The van der Waals surface area contributed by atoms with E-state index in [4.69, 9.17) is 0 Å². The van der Waals surface area contributed by atoms with Crippen LogP contribution in [0.5, 0.6) is 0 Å². The van der Waals surface area contributed by atoms with Crippen molar-refractivity contribution in [1.82, 2.24) is 5.32 Å². The van der Waals surface area contributed by atoms with Crippen LogP contribution in [0.4, 0.5) is 57.1 Å². The molecule has 0 heterocycles. The van der Waals surface area contributed by atoms with E-state index in [1.807, 2.05) is 0 Å². The second-order valence-electron chi connectivity index (χ2n) is 6.13. The first-order valence-corrected chi connectivity index (χ1v) is 7.98. The highest BCUT2D eigenvalue weighted by atomic mass is 19.4. The van der Waals surface area contributed by atoms with Gasteiger partial charge in [-0.25, -0.2) is 0 Å². The molecule has 0 radical (unpaired) electrons. The van der Waals surface area contributed by atoms with E-state index in [2.05, 4.69) is 9.47 Å². The number of methoxy groups -OCH3 is 1. The fraction of sp³-hybridized carbons (Fsp3) is 1.00. The van der Waals surface area contributed by atoms with Gasteiger partial charge in [0.15, 0.2) is 0 Å². The Morgan fingerprint density at radius 3 is 1.53 bits per heavy atom. The van der Waals surface area contributed by atoms with Crippen molar-refractivity contribution in [1.29, 1.82) is 0 Å². The Morgan fingerprint density at radius 2 is 1.17 bits per heavy atom. The normalized spacial score (nSPS) is 17.2. The van der Waals surface area contributed by atoms with Crippen LogP contribution in [-0.4, -0.2) is 68.4 Å². The van der Waals surface area contributed by atoms with Gasteiger partial charge in [-0.2, -0.15) is 57.1 Å². The summed E-state index contributed by atoms with van der Waals surface area (Å²) in [5, 5.41) is 1.62. The molecule has 30 heavy (non-hydrogen) atoms. The van der Waals surface area contributed by atoms with Gasteiger partial charge in [-0.15, -0.1) is 0 Å². The van der Waals surface area contributed by atoms with Crippen molar-refractivity contribution in [3.8, 4) is 0 Å². The maximum absolute atomic E-state index is 14.3. The summed E-state index contributed by atoms with van der Waals surface area (Å²) in [7, 11) is 0.946. The largest absolute Gasteiger partial charge is 0.460 e. The Balaban J connectivity index is 6.40. The van der Waals surface area contributed by atoms with E-state index >= 15 is 0 Å². The zero-order chi connectivity index (χ0) is 24.4. The molecule has 0 fully saturated rings. The van der Waals surface area contributed by atoms with E-state index in [1.165, 1.54) is 6.92 Å². The number of hydrogen-bond donors (Lipinski definition) is 1. The first kappa shape index (κ1) is 29.0. The van der Waals surface area contributed by atoms with E-state index in [9.17, 15) is 57.1 Å². The predicted molar refractivity (Wildman–Crippen MR) is 75.3 cm³/mol. The van der Waals surface area contributed by atoms with Gasteiger partial charge in [0.2, 0.25) is 0 Å². The lowest BCUT2D eigenvalue weighted by molar-refractivity contribution is -0.442. The lowest BCUT2D eigenvalue weighted by Crippen LogP contribution is -2.73. The highest BCUT2D eigenvalue weighted by molar-refractivity contribution is 5.13. The minimum Gasteiger partial charge on any atom is -0.359 e.